The number of rotatable bonds is 3. The van der Waals surface area contributed by atoms with Gasteiger partial charge in [-0.05, 0) is 50.1 Å². The maximum Gasteiger partial charge on any atom is 0.230 e. The molecular weight excluding hydrogens is 314 g/mol. The number of aromatic hydroxyl groups is 1. The Labute approximate surface area is 147 Å². The molecule has 2 N–H and O–H groups in total. The number of hydrogen-bond acceptors (Lipinski definition) is 3. The molecule has 0 bridgehead atoms. The Kier molecular flexibility index (Phi) is 3.84. The number of phenolic OH excluding ortho intramolecular Hbond substituents is 1. The highest BCUT2D eigenvalue weighted by molar-refractivity contribution is 6.01. The first-order chi connectivity index (χ1) is 12.0. The molecule has 2 aliphatic rings. The fraction of sp³-hybridized carbons (Fsp3) is 0.450. The largest absolute Gasteiger partial charge is 0.506 e. The number of carbonyl (C=O) groups is 1. The molecule has 25 heavy (non-hydrogen) atoms. The van der Waals surface area contributed by atoms with Crippen molar-refractivity contribution in [3.63, 3.8) is 0 Å². The number of aromatic nitrogens is 1. The number of aromatic amines is 1. The normalized spacial score (nSPS) is 22.6. The molecule has 2 heterocycles. The highest BCUT2D eigenvalue weighted by Crippen LogP contribution is 2.43. The summed E-state index contributed by atoms with van der Waals surface area (Å²) in [6.45, 7) is 6.30. The van der Waals surface area contributed by atoms with E-state index in [4.69, 9.17) is 0 Å². The van der Waals surface area contributed by atoms with Gasteiger partial charge in [0, 0.05) is 37.3 Å². The van der Waals surface area contributed by atoms with Crippen LogP contribution >= 0.6 is 0 Å². The average Bonchev–Trinajstić information content (AvgIpc) is 3.04. The maximum absolute atomic E-state index is 12.9. The van der Waals surface area contributed by atoms with Crippen molar-refractivity contribution < 1.29 is 9.90 Å². The zero-order valence-electron chi connectivity index (χ0n) is 15.0. The summed E-state index contributed by atoms with van der Waals surface area (Å²) >= 11 is 0. The van der Waals surface area contributed by atoms with E-state index in [1.54, 1.807) is 6.07 Å². The van der Waals surface area contributed by atoms with Gasteiger partial charge in [-0.1, -0.05) is 12.1 Å². The highest BCUT2D eigenvalue weighted by Gasteiger charge is 2.36. The number of benzene rings is 1. The number of nitrogens with one attached hydrogen (secondary N) is 1. The molecule has 0 radical (unpaired) electrons. The topological polar surface area (TPSA) is 59.6 Å². The molecule has 0 saturated heterocycles. The van der Waals surface area contributed by atoms with Gasteiger partial charge < -0.3 is 15.0 Å². The van der Waals surface area contributed by atoms with E-state index in [0.29, 0.717) is 0 Å². The minimum absolute atomic E-state index is 0.111. The van der Waals surface area contributed by atoms with E-state index in [2.05, 4.69) is 23.0 Å². The molecule has 0 spiro atoms. The Balaban J connectivity index is 1.82. The number of fused-ring (bicyclic) bond motifs is 2. The molecular formula is C20H25N3O2. The van der Waals surface area contributed by atoms with Crippen LogP contribution in [-0.2, 0) is 11.2 Å². The molecule has 1 aliphatic carbocycles. The van der Waals surface area contributed by atoms with Crippen LogP contribution in [0.4, 0.5) is 0 Å². The number of amides is 1. The second-order valence-electron chi connectivity index (χ2n) is 7.09. The molecule has 0 unspecified atom stereocenters. The van der Waals surface area contributed by atoms with Gasteiger partial charge in [-0.25, -0.2) is 0 Å². The van der Waals surface area contributed by atoms with Crippen molar-refractivity contribution in [2.75, 3.05) is 26.7 Å². The van der Waals surface area contributed by atoms with Crippen molar-refractivity contribution in [3.8, 4) is 5.75 Å². The molecule has 1 aliphatic heterocycles. The lowest BCUT2D eigenvalue weighted by Gasteiger charge is -2.40. The Morgan fingerprint density at radius 3 is 2.84 bits per heavy atom. The second kappa shape index (κ2) is 5.92. The van der Waals surface area contributed by atoms with Crippen LogP contribution < -0.4 is 0 Å². The van der Waals surface area contributed by atoms with E-state index in [-0.39, 0.29) is 23.6 Å². The van der Waals surface area contributed by atoms with Crippen LogP contribution in [0.5, 0.6) is 5.75 Å². The molecule has 2 aromatic rings. The third-order valence-electron chi connectivity index (χ3n) is 5.77. The molecule has 1 amide bonds. The second-order valence-corrected chi connectivity index (χ2v) is 7.09. The fourth-order valence-corrected chi connectivity index (χ4v) is 4.42. The number of H-pyrrole nitrogens is 1. The van der Waals surface area contributed by atoms with Crippen molar-refractivity contribution in [1.82, 2.24) is 14.8 Å². The summed E-state index contributed by atoms with van der Waals surface area (Å²) in [6.07, 6.45) is 5.09. The Bertz CT molecular complexity index is 863. The van der Waals surface area contributed by atoms with Gasteiger partial charge in [0.1, 0.15) is 5.75 Å². The SMILES string of the molecule is CCN(CC)C(=O)[C@@H]1C=C2c3ccc(O)c4[nH]cc(c34)C[C@H]2N(C)C1. The number of phenols is 1. The van der Waals surface area contributed by atoms with Gasteiger partial charge in [-0.2, -0.15) is 0 Å². The first kappa shape index (κ1) is 16.2. The quantitative estimate of drug-likeness (QED) is 0.904. The summed E-state index contributed by atoms with van der Waals surface area (Å²) in [4.78, 5) is 20.3. The average molecular weight is 339 g/mol. The number of nitrogens with zero attached hydrogens (tertiary/aromatic N) is 2. The molecule has 5 nitrogen and oxygen atoms in total. The number of likely N-dealkylation sites (N-methyl/N-ethyl adjacent to an activating group) is 1. The molecule has 0 saturated carbocycles. The summed E-state index contributed by atoms with van der Waals surface area (Å²) in [5.74, 6) is 0.377. The summed E-state index contributed by atoms with van der Waals surface area (Å²) in [5.41, 5.74) is 4.40. The van der Waals surface area contributed by atoms with Crippen molar-refractivity contribution in [1.29, 1.82) is 0 Å². The molecule has 0 fully saturated rings. The van der Waals surface area contributed by atoms with Crippen LogP contribution in [0, 0.1) is 5.92 Å². The van der Waals surface area contributed by atoms with Crippen molar-refractivity contribution in [3.05, 3.63) is 35.5 Å². The van der Waals surface area contributed by atoms with Crippen molar-refractivity contribution >= 4 is 22.4 Å². The summed E-state index contributed by atoms with van der Waals surface area (Å²) in [6, 6.07) is 4.03. The van der Waals surface area contributed by atoms with E-state index in [9.17, 15) is 9.90 Å². The molecule has 4 rings (SSSR count). The standard InChI is InChI=1S/C20H25N3O2/c1-4-23(5-2)20(25)13-8-15-14-6-7-17(24)19-18(14)12(10-21-19)9-16(15)22(3)11-13/h6-8,10,13,16,21,24H,4-5,9,11H2,1-3H3/t13-,16-/m1/s1. The monoisotopic (exact) mass is 339 g/mol. The van der Waals surface area contributed by atoms with E-state index in [0.717, 1.165) is 42.5 Å². The van der Waals surface area contributed by atoms with Crippen molar-refractivity contribution in [2.24, 2.45) is 5.92 Å². The van der Waals surface area contributed by atoms with Crippen LogP contribution in [0.15, 0.2) is 24.4 Å². The first-order valence-electron chi connectivity index (χ1n) is 9.08. The zero-order chi connectivity index (χ0) is 17.7. The van der Waals surface area contributed by atoms with Crippen LogP contribution in [0.2, 0.25) is 0 Å². The molecule has 5 heteroatoms. The van der Waals surface area contributed by atoms with Gasteiger partial charge in [0.2, 0.25) is 5.91 Å². The van der Waals surface area contributed by atoms with Gasteiger partial charge in [0.15, 0.2) is 0 Å². The first-order valence-corrected chi connectivity index (χ1v) is 9.08. The predicted molar refractivity (Wildman–Crippen MR) is 99.5 cm³/mol. The third-order valence-corrected chi connectivity index (χ3v) is 5.77. The van der Waals surface area contributed by atoms with E-state index >= 15 is 0 Å². The van der Waals surface area contributed by atoms with E-state index in [1.165, 1.54) is 11.1 Å². The third kappa shape index (κ3) is 2.37. The Hall–Kier alpha value is -2.27. The molecule has 1 aromatic heterocycles. The zero-order valence-corrected chi connectivity index (χ0v) is 15.0. The van der Waals surface area contributed by atoms with Gasteiger partial charge >= 0.3 is 0 Å². The lowest BCUT2D eigenvalue weighted by molar-refractivity contribution is -0.134. The van der Waals surface area contributed by atoms with Crippen LogP contribution in [-0.4, -0.2) is 58.5 Å². The minimum Gasteiger partial charge on any atom is -0.506 e. The van der Waals surface area contributed by atoms with Gasteiger partial charge in [0.05, 0.1) is 11.4 Å². The maximum atomic E-state index is 12.9. The van der Waals surface area contributed by atoms with Gasteiger partial charge in [0.25, 0.3) is 0 Å². The Morgan fingerprint density at radius 1 is 1.36 bits per heavy atom. The van der Waals surface area contributed by atoms with Crippen LogP contribution in [0.3, 0.4) is 0 Å². The molecule has 2 atom stereocenters. The van der Waals surface area contributed by atoms with E-state index in [1.807, 2.05) is 31.0 Å². The van der Waals surface area contributed by atoms with Crippen LogP contribution in [0.1, 0.15) is 25.0 Å². The molecule has 132 valence electrons. The Morgan fingerprint density at radius 2 is 2.12 bits per heavy atom. The van der Waals surface area contributed by atoms with Crippen LogP contribution in [0.25, 0.3) is 16.5 Å². The summed E-state index contributed by atoms with van der Waals surface area (Å²) < 4.78 is 0. The lowest BCUT2D eigenvalue weighted by Crippen LogP contribution is -2.47. The number of carbonyl (C=O) groups excluding carboxylic acids is 1. The van der Waals surface area contributed by atoms with Gasteiger partial charge in [-0.15, -0.1) is 0 Å². The lowest BCUT2D eigenvalue weighted by atomic mass is 9.79. The summed E-state index contributed by atoms with van der Waals surface area (Å²) in [5, 5.41) is 11.2. The predicted octanol–water partition coefficient (Wildman–Crippen LogP) is 2.61. The van der Waals surface area contributed by atoms with Gasteiger partial charge in [-0.3, -0.25) is 9.69 Å². The minimum atomic E-state index is -0.111. The van der Waals surface area contributed by atoms with E-state index < -0.39 is 0 Å². The summed E-state index contributed by atoms with van der Waals surface area (Å²) in [7, 11) is 2.11. The van der Waals surface area contributed by atoms with Crippen molar-refractivity contribution in [2.45, 2.75) is 26.3 Å². The molecule has 1 aromatic carbocycles. The fourth-order valence-electron chi connectivity index (χ4n) is 4.42. The smallest absolute Gasteiger partial charge is 0.230 e. The number of hydrogen-bond donors (Lipinski definition) is 2. The highest BCUT2D eigenvalue weighted by atomic mass is 16.3.